The Bertz CT molecular complexity index is 351. The molecule has 0 bridgehead atoms. The average Bonchev–Trinajstić information content (AvgIpc) is 3.01. The second-order valence-electron chi connectivity index (χ2n) is 6.61. The van der Waals surface area contributed by atoms with Crippen molar-refractivity contribution in [3.8, 4) is 0 Å². The zero-order valence-electron chi connectivity index (χ0n) is 10.7. The summed E-state index contributed by atoms with van der Waals surface area (Å²) in [6.07, 6.45) is -0.0471. The molecule has 5 aliphatic rings. The van der Waals surface area contributed by atoms with Crippen molar-refractivity contribution in [1.29, 1.82) is 0 Å². The van der Waals surface area contributed by atoms with Gasteiger partial charge in [0.15, 0.2) is 24.9 Å². The molecule has 0 amide bonds. The third kappa shape index (κ3) is 0.961. The van der Waals surface area contributed by atoms with Crippen molar-refractivity contribution < 1.29 is 18.9 Å². The number of fused-ring (bicyclic) bond motifs is 2. The third-order valence-electron chi connectivity index (χ3n) is 5.09. The highest BCUT2D eigenvalue weighted by Crippen LogP contribution is 2.50. The van der Waals surface area contributed by atoms with Crippen LogP contribution in [0.5, 0.6) is 0 Å². The summed E-state index contributed by atoms with van der Waals surface area (Å²) in [4.78, 5) is 4.66. The van der Waals surface area contributed by atoms with Gasteiger partial charge in [0.05, 0.1) is 37.5 Å². The van der Waals surface area contributed by atoms with Crippen molar-refractivity contribution in [1.82, 2.24) is 9.80 Å². The summed E-state index contributed by atoms with van der Waals surface area (Å²) < 4.78 is 24.0. The van der Waals surface area contributed by atoms with E-state index in [1.807, 2.05) is 0 Å². The molecule has 0 radical (unpaired) electrons. The molecule has 5 aliphatic heterocycles. The van der Waals surface area contributed by atoms with Gasteiger partial charge in [-0.25, -0.2) is 9.80 Å². The highest BCUT2D eigenvalue weighted by molar-refractivity contribution is 5.12. The maximum absolute atomic E-state index is 6.00. The maximum Gasteiger partial charge on any atom is 0.153 e. The predicted molar refractivity (Wildman–Crippen MR) is 59.4 cm³/mol. The molecule has 0 aliphatic carbocycles. The molecule has 5 saturated heterocycles. The van der Waals surface area contributed by atoms with Gasteiger partial charge >= 0.3 is 0 Å². The van der Waals surface area contributed by atoms with Gasteiger partial charge < -0.3 is 18.9 Å². The van der Waals surface area contributed by atoms with Crippen molar-refractivity contribution in [2.75, 3.05) is 26.4 Å². The van der Waals surface area contributed by atoms with E-state index in [-0.39, 0.29) is 36.0 Å². The van der Waals surface area contributed by atoms with Crippen LogP contribution in [-0.2, 0) is 18.9 Å². The van der Waals surface area contributed by atoms with E-state index < -0.39 is 0 Å². The molecular weight excluding hydrogens is 236 g/mol. The molecular formula is C12H18N2O4. The minimum atomic E-state index is -0.0181. The maximum atomic E-state index is 6.00. The largest absolute Gasteiger partial charge is 0.357 e. The van der Waals surface area contributed by atoms with Crippen LogP contribution in [-0.4, -0.2) is 72.2 Å². The van der Waals surface area contributed by atoms with E-state index in [2.05, 4.69) is 23.6 Å². The lowest BCUT2D eigenvalue weighted by atomic mass is 10.0. The SMILES string of the molecule is CC12CO[C@@H]3[C@@H]4OCC5(C)CO[C@@H]([C@@H](OC1)N32)N45. The van der Waals surface area contributed by atoms with E-state index in [1.165, 1.54) is 0 Å². The lowest BCUT2D eigenvalue weighted by molar-refractivity contribution is -0.252. The molecule has 5 fully saturated rings. The van der Waals surface area contributed by atoms with Gasteiger partial charge in [0.2, 0.25) is 0 Å². The zero-order chi connectivity index (χ0) is 12.1. The topological polar surface area (TPSA) is 43.4 Å². The van der Waals surface area contributed by atoms with Crippen molar-refractivity contribution in [3.05, 3.63) is 0 Å². The van der Waals surface area contributed by atoms with E-state index in [9.17, 15) is 0 Å². The molecule has 4 atom stereocenters. The van der Waals surface area contributed by atoms with Gasteiger partial charge in [0.25, 0.3) is 0 Å². The summed E-state index contributed by atoms with van der Waals surface area (Å²) in [7, 11) is 0. The second-order valence-corrected chi connectivity index (χ2v) is 6.61. The average molecular weight is 254 g/mol. The van der Waals surface area contributed by atoms with Crippen molar-refractivity contribution in [3.63, 3.8) is 0 Å². The fourth-order valence-electron chi connectivity index (χ4n) is 4.16. The van der Waals surface area contributed by atoms with Crippen LogP contribution in [0.25, 0.3) is 0 Å². The summed E-state index contributed by atoms with van der Waals surface area (Å²) in [5.74, 6) is 0. The number of ether oxygens (including phenoxy) is 4. The van der Waals surface area contributed by atoms with Gasteiger partial charge in [-0.3, -0.25) is 0 Å². The fourth-order valence-corrected chi connectivity index (χ4v) is 4.16. The van der Waals surface area contributed by atoms with Gasteiger partial charge in [-0.2, -0.15) is 0 Å². The van der Waals surface area contributed by atoms with Crippen molar-refractivity contribution in [2.24, 2.45) is 0 Å². The van der Waals surface area contributed by atoms with Crippen LogP contribution in [0.1, 0.15) is 13.8 Å². The van der Waals surface area contributed by atoms with Crippen LogP contribution in [0.15, 0.2) is 0 Å². The summed E-state index contributed by atoms with van der Waals surface area (Å²) >= 11 is 0. The van der Waals surface area contributed by atoms with Gasteiger partial charge in [-0.1, -0.05) is 0 Å². The van der Waals surface area contributed by atoms with Crippen LogP contribution < -0.4 is 0 Å². The Morgan fingerprint density at radius 1 is 0.667 bits per heavy atom. The summed E-state index contributed by atoms with van der Waals surface area (Å²) in [5, 5.41) is 0. The lowest BCUT2D eigenvalue weighted by Crippen LogP contribution is -2.67. The molecule has 0 aromatic heterocycles. The number of hydrogen-bond acceptors (Lipinski definition) is 6. The van der Waals surface area contributed by atoms with Gasteiger partial charge in [0, 0.05) is 0 Å². The highest BCUT2D eigenvalue weighted by Gasteiger charge is 2.69. The Labute approximate surface area is 106 Å². The van der Waals surface area contributed by atoms with Gasteiger partial charge in [-0.15, -0.1) is 0 Å². The number of hydrogen-bond donors (Lipinski definition) is 0. The van der Waals surface area contributed by atoms with E-state index >= 15 is 0 Å². The number of piperazine rings is 1. The normalized spacial score (nSPS) is 62.3. The van der Waals surface area contributed by atoms with Crippen LogP contribution >= 0.6 is 0 Å². The highest BCUT2D eigenvalue weighted by atomic mass is 16.6. The molecule has 0 unspecified atom stereocenters. The smallest absolute Gasteiger partial charge is 0.153 e. The molecule has 18 heavy (non-hydrogen) atoms. The number of nitrogens with zero attached hydrogens (tertiary/aromatic N) is 2. The lowest BCUT2D eigenvalue weighted by Gasteiger charge is -2.46. The second kappa shape index (κ2) is 2.92. The first-order valence-electron chi connectivity index (χ1n) is 6.66. The van der Waals surface area contributed by atoms with Gasteiger partial charge in [0.1, 0.15) is 0 Å². The van der Waals surface area contributed by atoms with Crippen LogP contribution in [0.2, 0.25) is 0 Å². The Kier molecular flexibility index (Phi) is 1.71. The standard InChI is InChI=1S/C12H18N2O4/c1-11-3-15-7-9-14-10(8(13(7)11)16-4-11)18-6-12(14,2)5-17-9/h7-10H,3-6H2,1-2H3/t7-,8-,9+,10+,11?,12?. The molecule has 0 aromatic rings. The molecule has 0 N–H and O–H groups in total. The monoisotopic (exact) mass is 254 g/mol. The minimum Gasteiger partial charge on any atom is -0.357 e. The van der Waals surface area contributed by atoms with Crippen LogP contribution in [0.4, 0.5) is 0 Å². The van der Waals surface area contributed by atoms with Crippen molar-refractivity contribution >= 4 is 0 Å². The molecule has 6 heteroatoms. The van der Waals surface area contributed by atoms with E-state index in [4.69, 9.17) is 18.9 Å². The molecule has 5 rings (SSSR count). The summed E-state index contributed by atoms with van der Waals surface area (Å²) in [6.45, 7) is 7.25. The van der Waals surface area contributed by atoms with E-state index in [0.717, 1.165) is 0 Å². The fraction of sp³-hybridized carbons (Fsp3) is 1.00. The van der Waals surface area contributed by atoms with Crippen LogP contribution in [0.3, 0.4) is 0 Å². The Morgan fingerprint density at radius 3 is 1.22 bits per heavy atom. The molecule has 0 saturated carbocycles. The first-order valence-corrected chi connectivity index (χ1v) is 6.66. The molecule has 0 aromatic carbocycles. The first kappa shape index (κ1) is 10.5. The van der Waals surface area contributed by atoms with E-state index in [0.29, 0.717) is 26.4 Å². The van der Waals surface area contributed by atoms with E-state index in [1.54, 1.807) is 0 Å². The molecule has 100 valence electrons. The Hall–Kier alpha value is -0.240. The Balaban J connectivity index is 1.63. The molecule has 6 nitrogen and oxygen atoms in total. The zero-order valence-corrected chi connectivity index (χ0v) is 10.7. The van der Waals surface area contributed by atoms with Gasteiger partial charge in [-0.05, 0) is 13.8 Å². The summed E-state index contributed by atoms with van der Waals surface area (Å²) in [6, 6.07) is 0. The molecule has 0 spiro atoms. The minimum absolute atomic E-state index is 0.0118. The van der Waals surface area contributed by atoms with Crippen molar-refractivity contribution in [2.45, 2.75) is 49.8 Å². The molecule has 5 heterocycles. The summed E-state index contributed by atoms with van der Waals surface area (Å²) in [5.41, 5.74) is -0.0363. The quantitative estimate of drug-likeness (QED) is 0.583. The number of rotatable bonds is 0. The first-order chi connectivity index (χ1) is 8.62. The van der Waals surface area contributed by atoms with Crippen LogP contribution in [0, 0.1) is 0 Å². The Morgan fingerprint density at radius 2 is 0.944 bits per heavy atom. The third-order valence-corrected chi connectivity index (χ3v) is 5.09. The predicted octanol–water partition coefficient (Wildman–Crippen LogP) is -0.453.